The largest absolute Gasteiger partial charge is 0.399 e. The Morgan fingerprint density at radius 1 is 1.08 bits per heavy atom. The fourth-order valence-corrected chi connectivity index (χ4v) is 0.399. The molecule has 0 aromatic rings. The molecule has 0 spiro atoms. The predicted octanol–water partition coefficient (Wildman–Crippen LogP) is 3.40. The molecule has 0 aliphatic heterocycles. The highest BCUT2D eigenvalue weighted by molar-refractivity contribution is 5.25. The Labute approximate surface area is 76.7 Å². The normalized spacial score (nSPS) is 8.75. The molecule has 0 unspecified atom stereocenters. The molecule has 70 valence electrons. The van der Waals surface area contributed by atoms with Crippen molar-refractivity contribution in [3.05, 3.63) is 35.6 Å². The topological polar surface area (TPSA) is 26.0 Å². The molecule has 0 atom stereocenters. The highest BCUT2D eigenvalue weighted by Gasteiger charge is 1.84. The van der Waals surface area contributed by atoms with Crippen LogP contribution < -0.4 is 5.73 Å². The Morgan fingerprint density at radius 3 is 1.75 bits per heavy atom. The molecule has 0 heterocycles. The predicted molar refractivity (Wildman–Crippen MR) is 57.9 cm³/mol. The zero-order chi connectivity index (χ0) is 10.1. The van der Waals surface area contributed by atoms with Crippen molar-refractivity contribution in [3.8, 4) is 0 Å². The first-order valence-corrected chi connectivity index (χ1v) is 4.30. The van der Waals surface area contributed by atoms with E-state index in [1.54, 1.807) is 0 Å². The fraction of sp³-hybridized carbons (Fsp3) is 0.455. The Morgan fingerprint density at radius 2 is 1.50 bits per heavy atom. The molecule has 0 aromatic carbocycles. The van der Waals surface area contributed by atoms with Gasteiger partial charge >= 0.3 is 0 Å². The molecule has 1 nitrogen and oxygen atoms in total. The molecule has 0 saturated carbocycles. The highest BCUT2D eigenvalue weighted by atomic mass is 14.6. The van der Waals surface area contributed by atoms with E-state index in [9.17, 15) is 0 Å². The summed E-state index contributed by atoms with van der Waals surface area (Å²) < 4.78 is 0. The van der Waals surface area contributed by atoms with E-state index in [2.05, 4.69) is 6.58 Å². The average Bonchev–Trinajstić information content (AvgIpc) is 2.03. The lowest BCUT2D eigenvalue weighted by Gasteiger charge is -1.94. The van der Waals surface area contributed by atoms with E-state index >= 15 is 0 Å². The third-order valence-electron chi connectivity index (χ3n) is 1.12. The van der Waals surface area contributed by atoms with Crippen molar-refractivity contribution in [1.29, 1.82) is 0 Å². The second-order valence-electron chi connectivity index (χ2n) is 2.64. The van der Waals surface area contributed by atoms with Crippen LogP contribution in [-0.4, -0.2) is 0 Å². The van der Waals surface area contributed by atoms with E-state index in [4.69, 9.17) is 5.73 Å². The van der Waals surface area contributed by atoms with Gasteiger partial charge in [0.05, 0.1) is 0 Å². The molecule has 0 rings (SSSR count). The summed E-state index contributed by atoms with van der Waals surface area (Å²) >= 11 is 0. The van der Waals surface area contributed by atoms with Crippen molar-refractivity contribution in [2.45, 2.75) is 34.6 Å². The highest BCUT2D eigenvalue weighted by Crippen LogP contribution is 1.99. The van der Waals surface area contributed by atoms with Crippen LogP contribution in [-0.2, 0) is 0 Å². The summed E-state index contributed by atoms with van der Waals surface area (Å²) in [5, 5.41) is 0. The Balaban J connectivity index is 0. The summed E-state index contributed by atoms with van der Waals surface area (Å²) in [5.74, 6) is 0. The third-order valence-corrected chi connectivity index (χ3v) is 1.12. The van der Waals surface area contributed by atoms with Crippen molar-refractivity contribution in [2.75, 3.05) is 0 Å². The van der Waals surface area contributed by atoms with Gasteiger partial charge in [-0.2, -0.15) is 0 Å². The average molecular weight is 167 g/mol. The van der Waals surface area contributed by atoms with Gasteiger partial charge in [-0.15, -0.1) is 0 Å². The SMILES string of the molecule is C=C(C)/C=C\C(N)=C(C)C.CC. The second-order valence-corrected chi connectivity index (χ2v) is 2.64. The lowest BCUT2D eigenvalue weighted by molar-refractivity contribution is 1.25. The van der Waals surface area contributed by atoms with Gasteiger partial charge in [0.15, 0.2) is 0 Å². The maximum absolute atomic E-state index is 5.62. The maximum atomic E-state index is 5.62. The van der Waals surface area contributed by atoms with E-state index in [1.165, 1.54) is 0 Å². The van der Waals surface area contributed by atoms with Crippen LogP contribution in [0.2, 0.25) is 0 Å². The molecule has 1 heteroatoms. The van der Waals surface area contributed by atoms with Gasteiger partial charge in [-0.1, -0.05) is 37.6 Å². The first-order chi connectivity index (χ1) is 5.54. The number of hydrogen-bond acceptors (Lipinski definition) is 1. The smallest absolute Gasteiger partial charge is 0.0300 e. The standard InChI is InChI=1S/C9H15N.C2H6/c1-7(2)5-6-9(10)8(3)4;1-2/h5-6H,1,10H2,2-4H3;1-2H3/b6-5-;. The van der Waals surface area contributed by atoms with E-state index in [0.717, 1.165) is 16.8 Å². The van der Waals surface area contributed by atoms with E-state index in [1.807, 2.05) is 46.8 Å². The minimum Gasteiger partial charge on any atom is -0.399 e. The molecule has 0 saturated heterocycles. The number of rotatable bonds is 2. The molecular weight excluding hydrogens is 146 g/mol. The zero-order valence-electron chi connectivity index (χ0n) is 8.94. The Kier molecular flexibility index (Phi) is 9.20. The lowest BCUT2D eigenvalue weighted by Crippen LogP contribution is -1.94. The Hall–Kier alpha value is -0.980. The molecule has 0 aromatic heterocycles. The van der Waals surface area contributed by atoms with E-state index < -0.39 is 0 Å². The summed E-state index contributed by atoms with van der Waals surface area (Å²) in [6.07, 6.45) is 3.78. The number of nitrogens with two attached hydrogens (primary N) is 1. The lowest BCUT2D eigenvalue weighted by atomic mass is 10.2. The molecule has 0 aliphatic carbocycles. The van der Waals surface area contributed by atoms with Crippen LogP contribution in [0, 0.1) is 0 Å². The molecule has 0 aliphatic rings. The third kappa shape index (κ3) is 9.02. The summed E-state index contributed by atoms with van der Waals surface area (Å²) in [7, 11) is 0. The Bertz CT molecular complexity index is 181. The van der Waals surface area contributed by atoms with Gasteiger partial charge in [0.2, 0.25) is 0 Å². The van der Waals surface area contributed by atoms with Crippen molar-refractivity contribution < 1.29 is 0 Å². The van der Waals surface area contributed by atoms with Crippen LogP contribution in [0.25, 0.3) is 0 Å². The summed E-state index contributed by atoms with van der Waals surface area (Å²) in [4.78, 5) is 0. The van der Waals surface area contributed by atoms with Crippen LogP contribution in [0.5, 0.6) is 0 Å². The number of hydrogen-bond donors (Lipinski definition) is 1. The molecular formula is C11H21N. The molecule has 0 bridgehead atoms. The summed E-state index contributed by atoms with van der Waals surface area (Å²) in [5.41, 5.74) is 8.59. The molecule has 0 amide bonds. The number of allylic oxidation sites excluding steroid dienone is 4. The summed E-state index contributed by atoms with van der Waals surface area (Å²) in [6.45, 7) is 13.6. The van der Waals surface area contributed by atoms with Crippen molar-refractivity contribution in [1.82, 2.24) is 0 Å². The molecule has 0 fully saturated rings. The van der Waals surface area contributed by atoms with Gasteiger partial charge < -0.3 is 5.73 Å². The van der Waals surface area contributed by atoms with Crippen LogP contribution in [0.3, 0.4) is 0 Å². The fourth-order valence-electron chi connectivity index (χ4n) is 0.399. The first-order valence-electron chi connectivity index (χ1n) is 4.30. The van der Waals surface area contributed by atoms with Gasteiger partial charge in [0.25, 0.3) is 0 Å². The quantitative estimate of drug-likeness (QED) is 0.627. The van der Waals surface area contributed by atoms with Crippen molar-refractivity contribution in [2.24, 2.45) is 5.73 Å². The van der Waals surface area contributed by atoms with Gasteiger partial charge in [-0.05, 0) is 26.8 Å². The molecule has 2 N–H and O–H groups in total. The van der Waals surface area contributed by atoms with Gasteiger partial charge in [0, 0.05) is 5.70 Å². The van der Waals surface area contributed by atoms with Crippen LogP contribution in [0.1, 0.15) is 34.6 Å². The van der Waals surface area contributed by atoms with Crippen LogP contribution in [0.4, 0.5) is 0 Å². The van der Waals surface area contributed by atoms with Crippen molar-refractivity contribution >= 4 is 0 Å². The molecule has 0 radical (unpaired) electrons. The minimum absolute atomic E-state index is 0.822. The molecule has 12 heavy (non-hydrogen) atoms. The maximum Gasteiger partial charge on any atom is 0.0300 e. The first kappa shape index (κ1) is 13.6. The van der Waals surface area contributed by atoms with Gasteiger partial charge in [-0.3, -0.25) is 0 Å². The van der Waals surface area contributed by atoms with Crippen LogP contribution >= 0.6 is 0 Å². The minimum atomic E-state index is 0.822. The van der Waals surface area contributed by atoms with E-state index in [0.29, 0.717) is 0 Å². The van der Waals surface area contributed by atoms with Crippen molar-refractivity contribution in [3.63, 3.8) is 0 Å². The summed E-state index contributed by atoms with van der Waals surface area (Å²) in [6, 6.07) is 0. The van der Waals surface area contributed by atoms with Gasteiger partial charge in [-0.25, -0.2) is 0 Å². The zero-order valence-corrected chi connectivity index (χ0v) is 8.94. The van der Waals surface area contributed by atoms with Crippen LogP contribution in [0.15, 0.2) is 35.6 Å². The monoisotopic (exact) mass is 167 g/mol. The second kappa shape index (κ2) is 8.12. The van der Waals surface area contributed by atoms with Gasteiger partial charge in [0.1, 0.15) is 0 Å². The van der Waals surface area contributed by atoms with E-state index in [-0.39, 0.29) is 0 Å².